The Morgan fingerprint density at radius 1 is 1.25 bits per heavy atom. The van der Waals surface area contributed by atoms with E-state index in [9.17, 15) is 9.59 Å². The highest BCUT2D eigenvalue weighted by Crippen LogP contribution is 2.14. The zero-order valence-corrected chi connectivity index (χ0v) is 17.1. The van der Waals surface area contributed by atoms with Gasteiger partial charge in [0.1, 0.15) is 0 Å². The van der Waals surface area contributed by atoms with Crippen LogP contribution < -0.4 is 10.6 Å². The van der Waals surface area contributed by atoms with Gasteiger partial charge >= 0.3 is 12.0 Å². The van der Waals surface area contributed by atoms with Gasteiger partial charge < -0.3 is 20.1 Å². The Hall–Kier alpha value is -2.38. The van der Waals surface area contributed by atoms with E-state index >= 15 is 0 Å². The number of urea groups is 1. The summed E-state index contributed by atoms with van der Waals surface area (Å²) in [5, 5.41) is 5.74. The number of nitrogens with zero attached hydrogens (tertiary/aromatic N) is 1. The molecule has 0 radical (unpaired) electrons. The number of hydrogen-bond acceptors (Lipinski definition) is 5. The predicted octanol–water partition coefficient (Wildman–Crippen LogP) is 2.88. The number of amides is 2. The van der Waals surface area contributed by atoms with Gasteiger partial charge in [0.25, 0.3) is 0 Å². The molecule has 154 valence electrons. The zero-order chi connectivity index (χ0) is 20.5. The number of ether oxygens (including phenoxy) is 2. The van der Waals surface area contributed by atoms with Crippen LogP contribution in [0.1, 0.15) is 33.3 Å². The van der Waals surface area contributed by atoms with Crippen LogP contribution in [0, 0.1) is 0 Å². The highest BCUT2D eigenvalue weighted by Gasteiger charge is 2.25. The van der Waals surface area contributed by atoms with Crippen molar-refractivity contribution < 1.29 is 19.1 Å². The van der Waals surface area contributed by atoms with Crippen LogP contribution >= 0.6 is 0 Å². The highest BCUT2D eigenvalue weighted by atomic mass is 16.5. The second kappa shape index (κ2) is 10.8. The molecule has 7 heteroatoms. The van der Waals surface area contributed by atoms with E-state index < -0.39 is 0 Å². The molecule has 0 aliphatic carbocycles. The zero-order valence-electron chi connectivity index (χ0n) is 17.1. The molecule has 2 amide bonds. The average Bonchev–Trinajstić information content (AvgIpc) is 2.65. The SMILES string of the molecule is CCOC(=O)/C=C\c1ccc(NC(=O)NC[C@H](C)N2C[C@@H](C)O[C@@H](C)C2)cc1. The topological polar surface area (TPSA) is 79.9 Å². The number of carbonyl (C=O) groups is 2. The van der Waals surface area contributed by atoms with Gasteiger partial charge in [0.05, 0.1) is 18.8 Å². The van der Waals surface area contributed by atoms with E-state index in [1.54, 1.807) is 25.1 Å². The lowest BCUT2D eigenvalue weighted by atomic mass is 10.2. The van der Waals surface area contributed by atoms with Crippen molar-refractivity contribution in [3.05, 3.63) is 35.9 Å². The van der Waals surface area contributed by atoms with Crippen LogP contribution in [0.25, 0.3) is 6.08 Å². The van der Waals surface area contributed by atoms with Gasteiger partial charge in [0.2, 0.25) is 0 Å². The number of hydrogen-bond donors (Lipinski definition) is 2. The maximum atomic E-state index is 12.2. The number of benzene rings is 1. The molecule has 1 aromatic rings. The molecule has 0 saturated carbocycles. The third-order valence-electron chi connectivity index (χ3n) is 4.50. The number of rotatable bonds is 7. The fourth-order valence-corrected chi connectivity index (χ4v) is 3.15. The Morgan fingerprint density at radius 2 is 1.89 bits per heavy atom. The van der Waals surface area contributed by atoms with E-state index in [-0.39, 0.29) is 30.3 Å². The minimum atomic E-state index is -0.373. The summed E-state index contributed by atoms with van der Waals surface area (Å²) in [7, 11) is 0. The molecule has 28 heavy (non-hydrogen) atoms. The van der Waals surface area contributed by atoms with Crippen molar-refractivity contribution in [1.29, 1.82) is 0 Å². The lowest BCUT2D eigenvalue weighted by molar-refractivity contribution is -0.137. The molecule has 2 N–H and O–H groups in total. The molecular weight excluding hydrogens is 358 g/mol. The van der Waals surface area contributed by atoms with Gasteiger partial charge in [0, 0.05) is 37.4 Å². The fraction of sp³-hybridized carbons (Fsp3) is 0.524. The summed E-state index contributed by atoms with van der Waals surface area (Å²) in [6, 6.07) is 7.22. The van der Waals surface area contributed by atoms with Gasteiger partial charge in [0.15, 0.2) is 0 Å². The first kappa shape index (κ1) is 21.9. The summed E-state index contributed by atoms with van der Waals surface area (Å²) in [6.07, 6.45) is 3.47. The van der Waals surface area contributed by atoms with Gasteiger partial charge in [-0.1, -0.05) is 12.1 Å². The maximum absolute atomic E-state index is 12.2. The van der Waals surface area contributed by atoms with Gasteiger partial charge in [-0.2, -0.15) is 0 Å². The van der Waals surface area contributed by atoms with E-state index in [1.807, 2.05) is 12.1 Å². The van der Waals surface area contributed by atoms with Crippen LogP contribution in [-0.2, 0) is 14.3 Å². The molecule has 7 nitrogen and oxygen atoms in total. The van der Waals surface area contributed by atoms with E-state index in [4.69, 9.17) is 9.47 Å². The maximum Gasteiger partial charge on any atom is 0.330 e. The first-order valence-electron chi connectivity index (χ1n) is 9.76. The third kappa shape index (κ3) is 7.32. The highest BCUT2D eigenvalue weighted by molar-refractivity contribution is 5.90. The first-order chi connectivity index (χ1) is 13.4. The summed E-state index contributed by atoms with van der Waals surface area (Å²) < 4.78 is 10.6. The molecule has 1 aliphatic rings. The second-order valence-electron chi connectivity index (χ2n) is 7.10. The quantitative estimate of drug-likeness (QED) is 0.554. The lowest BCUT2D eigenvalue weighted by Gasteiger charge is -2.38. The van der Waals surface area contributed by atoms with Crippen molar-refractivity contribution in [2.24, 2.45) is 0 Å². The van der Waals surface area contributed by atoms with Gasteiger partial charge in [-0.05, 0) is 51.5 Å². The minimum Gasteiger partial charge on any atom is -0.463 e. The molecular formula is C21H31N3O4. The number of nitrogens with one attached hydrogen (secondary N) is 2. The largest absolute Gasteiger partial charge is 0.463 e. The molecule has 1 aromatic carbocycles. The Balaban J connectivity index is 1.77. The van der Waals surface area contributed by atoms with E-state index in [1.165, 1.54) is 6.08 Å². The van der Waals surface area contributed by atoms with Crippen molar-refractivity contribution in [1.82, 2.24) is 10.2 Å². The molecule has 2 rings (SSSR count). The minimum absolute atomic E-state index is 0.205. The summed E-state index contributed by atoms with van der Waals surface area (Å²) in [5.74, 6) is -0.373. The van der Waals surface area contributed by atoms with Crippen LogP contribution in [-0.4, -0.2) is 61.4 Å². The predicted molar refractivity (Wildman–Crippen MR) is 110 cm³/mol. The smallest absolute Gasteiger partial charge is 0.330 e. The molecule has 0 bridgehead atoms. The summed E-state index contributed by atoms with van der Waals surface area (Å²) in [4.78, 5) is 25.8. The number of morpholine rings is 1. The standard InChI is InChI=1S/C21H31N3O4/c1-5-27-20(25)11-8-18-6-9-19(10-7-18)23-21(26)22-12-15(2)24-13-16(3)28-17(4)14-24/h6-11,15-17H,5,12-14H2,1-4H3,(H2,22,23,26)/b11-8-/t15-,16-,17+/m0/s1. The van der Waals surface area contributed by atoms with Crippen molar-refractivity contribution in [2.45, 2.75) is 45.9 Å². The van der Waals surface area contributed by atoms with Crippen molar-refractivity contribution in [3.8, 4) is 0 Å². The van der Waals surface area contributed by atoms with Crippen LogP contribution in [0.3, 0.4) is 0 Å². The van der Waals surface area contributed by atoms with Crippen molar-refractivity contribution in [3.63, 3.8) is 0 Å². The molecule has 1 aliphatic heterocycles. The second-order valence-corrected chi connectivity index (χ2v) is 7.10. The Bertz CT molecular complexity index is 665. The Labute approximate surface area is 167 Å². The van der Waals surface area contributed by atoms with Crippen LogP contribution in [0.15, 0.2) is 30.3 Å². The van der Waals surface area contributed by atoms with Crippen molar-refractivity contribution >= 4 is 23.8 Å². The molecule has 1 fully saturated rings. The normalized spacial score (nSPS) is 21.3. The van der Waals surface area contributed by atoms with E-state index in [2.05, 4.69) is 36.3 Å². The van der Waals surface area contributed by atoms with Gasteiger partial charge in [-0.15, -0.1) is 0 Å². The number of carbonyl (C=O) groups excluding carboxylic acids is 2. The summed E-state index contributed by atoms with van der Waals surface area (Å²) in [6.45, 7) is 10.7. The Morgan fingerprint density at radius 3 is 2.50 bits per heavy atom. The lowest BCUT2D eigenvalue weighted by Crippen LogP contribution is -2.52. The molecule has 0 aromatic heterocycles. The van der Waals surface area contributed by atoms with Crippen LogP contribution in [0.5, 0.6) is 0 Å². The number of anilines is 1. The molecule has 1 heterocycles. The molecule has 0 unspecified atom stereocenters. The Kier molecular flexibility index (Phi) is 8.47. The van der Waals surface area contributed by atoms with E-state index in [0.717, 1.165) is 18.7 Å². The van der Waals surface area contributed by atoms with Gasteiger partial charge in [-0.3, -0.25) is 4.90 Å². The first-order valence-corrected chi connectivity index (χ1v) is 9.76. The van der Waals surface area contributed by atoms with Crippen molar-refractivity contribution in [2.75, 3.05) is 31.6 Å². The molecule has 3 atom stereocenters. The summed E-state index contributed by atoms with van der Waals surface area (Å²) in [5.41, 5.74) is 1.54. The number of esters is 1. The van der Waals surface area contributed by atoms with Crippen LogP contribution in [0.2, 0.25) is 0 Å². The average molecular weight is 389 g/mol. The van der Waals surface area contributed by atoms with Crippen LogP contribution in [0.4, 0.5) is 10.5 Å². The summed E-state index contributed by atoms with van der Waals surface area (Å²) >= 11 is 0. The van der Waals surface area contributed by atoms with Gasteiger partial charge in [-0.25, -0.2) is 9.59 Å². The fourth-order valence-electron chi connectivity index (χ4n) is 3.15. The molecule has 1 saturated heterocycles. The third-order valence-corrected chi connectivity index (χ3v) is 4.50. The monoisotopic (exact) mass is 389 g/mol. The molecule has 0 spiro atoms. The van der Waals surface area contributed by atoms with E-state index in [0.29, 0.717) is 18.8 Å².